The summed E-state index contributed by atoms with van der Waals surface area (Å²) in [6.45, 7) is 0.757. The fourth-order valence-electron chi connectivity index (χ4n) is 2.89. The van der Waals surface area contributed by atoms with Crippen molar-refractivity contribution in [3.05, 3.63) is 59.7 Å². The van der Waals surface area contributed by atoms with E-state index in [1.54, 1.807) is 0 Å². The summed E-state index contributed by atoms with van der Waals surface area (Å²) in [4.78, 5) is 2.00. The first-order valence-electron chi connectivity index (χ1n) is 6.73. The molecule has 3 rings (SSSR count). The van der Waals surface area contributed by atoms with Crippen molar-refractivity contribution in [2.45, 2.75) is 18.9 Å². The molecule has 2 N–H and O–H groups in total. The maximum absolute atomic E-state index is 13.6. The smallest absolute Gasteiger partial charge is 0.151 e. The SMILES string of the molecule is Nc1c(F)cc(F)cc1N1CCCC1c1ccccc1. The first-order chi connectivity index (χ1) is 9.66. The molecule has 104 valence electrons. The van der Waals surface area contributed by atoms with Gasteiger partial charge in [-0.3, -0.25) is 0 Å². The quantitative estimate of drug-likeness (QED) is 0.842. The number of nitrogen functional groups attached to an aromatic ring is 1. The maximum Gasteiger partial charge on any atom is 0.151 e. The van der Waals surface area contributed by atoms with Gasteiger partial charge in [0, 0.05) is 12.6 Å². The Morgan fingerprint density at radius 2 is 1.85 bits per heavy atom. The highest BCUT2D eigenvalue weighted by atomic mass is 19.1. The zero-order chi connectivity index (χ0) is 14.1. The Balaban J connectivity index is 2.01. The van der Waals surface area contributed by atoms with E-state index in [-0.39, 0.29) is 11.7 Å². The number of hydrogen-bond acceptors (Lipinski definition) is 2. The molecule has 20 heavy (non-hydrogen) atoms. The first kappa shape index (κ1) is 12.9. The average Bonchev–Trinajstić information content (AvgIpc) is 2.93. The molecule has 4 heteroatoms. The largest absolute Gasteiger partial charge is 0.395 e. The van der Waals surface area contributed by atoms with E-state index in [0.717, 1.165) is 31.0 Å². The van der Waals surface area contributed by atoms with Crippen LogP contribution in [0, 0.1) is 11.6 Å². The van der Waals surface area contributed by atoms with Crippen LogP contribution in [-0.2, 0) is 0 Å². The van der Waals surface area contributed by atoms with E-state index >= 15 is 0 Å². The fourth-order valence-corrected chi connectivity index (χ4v) is 2.89. The highest BCUT2D eigenvalue weighted by Gasteiger charge is 2.28. The third kappa shape index (κ3) is 2.22. The van der Waals surface area contributed by atoms with Gasteiger partial charge in [0.15, 0.2) is 5.82 Å². The van der Waals surface area contributed by atoms with Crippen LogP contribution >= 0.6 is 0 Å². The van der Waals surface area contributed by atoms with Crippen LogP contribution in [0.2, 0.25) is 0 Å². The van der Waals surface area contributed by atoms with E-state index in [0.29, 0.717) is 5.69 Å². The Kier molecular flexibility index (Phi) is 3.30. The monoisotopic (exact) mass is 274 g/mol. The van der Waals surface area contributed by atoms with Crippen molar-refractivity contribution in [2.75, 3.05) is 17.2 Å². The molecule has 1 aliphatic rings. The number of halogens is 2. The Morgan fingerprint density at radius 3 is 2.60 bits per heavy atom. The molecule has 2 nitrogen and oxygen atoms in total. The summed E-state index contributed by atoms with van der Waals surface area (Å²) >= 11 is 0. The van der Waals surface area contributed by atoms with Crippen LogP contribution in [0.25, 0.3) is 0 Å². The van der Waals surface area contributed by atoms with E-state index in [1.165, 1.54) is 6.07 Å². The van der Waals surface area contributed by atoms with E-state index in [9.17, 15) is 8.78 Å². The molecule has 2 aromatic rings. The van der Waals surface area contributed by atoms with Crippen molar-refractivity contribution in [3.63, 3.8) is 0 Å². The van der Waals surface area contributed by atoms with Crippen LogP contribution in [0.4, 0.5) is 20.2 Å². The first-order valence-corrected chi connectivity index (χ1v) is 6.73. The molecule has 0 bridgehead atoms. The fraction of sp³-hybridized carbons (Fsp3) is 0.250. The second-order valence-electron chi connectivity index (χ2n) is 5.08. The van der Waals surface area contributed by atoms with Crippen LogP contribution < -0.4 is 10.6 Å². The molecule has 1 atom stereocenters. The molecule has 2 aromatic carbocycles. The minimum atomic E-state index is -0.696. The summed E-state index contributed by atoms with van der Waals surface area (Å²) in [6.07, 6.45) is 1.94. The summed E-state index contributed by atoms with van der Waals surface area (Å²) in [6, 6.07) is 12.2. The summed E-state index contributed by atoms with van der Waals surface area (Å²) < 4.78 is 27.1. The van der Waals surface area contributed by atoms with Gasteiger partial charge in [-0.15, -0.1) is 0 Å². The van der Waals surface area contributed by atoms with E-state index in [2.05, 4.69) is 0 Å². The zero-order valence-electron chi connectivity index (χ0n) is 11.0. The summed E-state index contributed by atoms with van der Waals surface area (Å²) in [5.74, 6) is -1.29. The molecular weight excluding hydrogens is 258 g/mol. The third-order valence-corrected chi connectivity index (χ3v) is 3.82. The van der Waals surface area contributed by atoms with Crippen molar-refractivity contribution < 1.29 is 8.78 Å². The lowest BCUT2D eigenvalue weighted by Gasteiger charge is -2.28. The molecule has 1 unspecified atom stereocenters. The molecule has 1 fully saturated rings. The predicted octanol–water partition coefficient (Wildman–Crippen LogP) is 3.89. The highest BCUT2D eigenvalue weighted by molar-refractivity contribution is 5.69. The van der Waals surface area contributed by atoms with Gasteiger partial charge in [-0.25, -0.2) is 8.78 Å². The molecule has 1 heterocycles. The van der Waals surface area contributed by atoms with Crippen molar-refractivity contribution in [1.82, 2.24) is 0 Å². The predicted molar refractivity (Wildman–Crippen MR) is 76.5 cm³/mol. The number of hydrogen-bond donors (Lipinski definition) is 1. The molecular formula is C16H16F2N2. The minimum Gasteiger partial charge on any atom is -0.395 e. The van der Waals surface area contributed by atoms with E-state index < -0.39 is 11.6 Å². The Morgan fingerprint density at radius 1 is 1.10 bits per heavy atom. The lowest BCUT2D eigenvalue weighted by Crippen LogP contribution is -2.24. The van der Waals surface area contributed by atoms with Gasteiger partial charge in [-0.05, 0) is 24.5 Å². The number of anilines is 2. The van der Waals surface area contributed by atoms with Gasteiger partial charge in [0.25, 0.3) is 0 Å². The Labute approximate surface area is 116 Å². The van der Waals surface area contributed by atoms with Gasteiger partial charge in [-0.1, -0.05) is 30.3 Å². The van der Waals surface area contributed by atoms with Crippen molar-refractivity contribution in [1.29, 1.82) is 0 Å². The van der Waals surface area contributed by atoms with E-state index in [1.807, 2.05) is 35.2 Å². The third-order valence-electron chi connectivity index (χ3n) is 3.82. The Bertz CT molecular complexity index is 613. The van der Waals surface area contributed by atoms with Gasteiger partial charge in [-0.2, -0.15) is 0 Å². The molecule has 0 saturated carbocycles. The molecule has 1 aliphatic heterocycles. The van der Waals surface area contributed by atoms with Crippen LogP contribution in [0.3, 0.4) is 0 Å². The normalized spacial score (nSPS) is 18.5. The van der Waals surface area contributed by atoms with Crippen LogP contribution in [0.5, 0.6) is 0 Å². The van der Waals surface area contributed by atoms with Gasteiger partial charge < -0.3 is 10.6 Å². The highest BCUT2D eigenvalue weighted by Crippen LogP contribution is 2.39. The van der Waals surface area contributed by atoms with Gasteiger partial charge in [0.1, 0.15) is 5.82 Å². The topological polar surface area (TPSA) is 29.3 Å². The zero-order valence-corrected chi connectivity index (χ0v) is 11.0. The summed E-state index contributed by atoms with van der Waals surface area (Å²) in [5, 5.41) is 0. The van der Waals surface area contributed by atoms with Gasteiger partial charge >= 0.3 is 0 Å². The minimum absolute atomic E-state index is 0.0224. The number of rotatable bonds is 2. The Hall–Kier alpha value is -2.10. The molecule has 0 amide bonds. The number of nitrogens with zero attached hydrogens (tertiary/aromatic N) is 1. The molecule has 0 aromatic heterocycles. The molecule has 0 radical (unpaired) electrons. The standard InChI is InChI=1S/C16H16F2N2/c17-12-9-13(18)16(19)15(10-12)20-8-4-7-14(20)11-5-2-1-3-6-11/h1-3,5-6,9-10,14H,4,7-8,19H2. The molecule has 0 aliphatic carbocycles. The maximum atomic E-state index is 13.6. The van der Waals surface area contributed by atoms with Crippen molar-refractivity contribution in [2.24, 2.45) is 0 Å². The summed E-state index contributed by atoms with van der Waals surface area (Å²) in [5.41, 5.74) is 7.41. The van der Waals surface area contributed by atoms with E-state index in [4.69, 9.17) is 5.73 Å². The average molecular weight is 274 g/mol. The molecule has 1 saturated heterocycles. The van der Waals surface area contributed by atoms with Gasteiger partial charge in [0.05, 0.1) is 17.4 Å². The second-order valence-corrected chi connectivity index (χ2v) is 5.08. The van der Waals surface area contributed by atoms with Crippen molar-refractivity contribution in [3.8, 4) is 0 Å². The van der Waals surface area contributed by atoms with Crippen LogP contribution in [-0.4, -0.2) is 6.54 Å². The second kappa shape index (κ2) is 5.12. The van der Waals surface area contributed by atoms with Crippen LogP contribution in [0.1, 0.15) is 24.4 Å². The van der Waals surface area contributed by atoms with Crippen molar-refractivity contribution >= 4 is 11.4 Å². The lowest BCUT2D eigenvalue weighted by atomic mass is 10.0. The number of benzene rings is 2. The van der Waals surface area contributed by atoms with Crippen LogP contribution in [0.15, 0.2) is 42.5 Å². The lowest BCUT2D eigenvalue weighted by molar-refractivity contribution is 0.584. The number of nitrogens with two attached hydrogens (primary N) is 1. The molecule has 0 spiro atoms. The van der Waals surface area contributed by atoms with Gasteiger partial charge in [0.2, 0.25) is 0 Å². The summed E-state index contributed by atoms with van der Waals surface area (Å²) in [7, 11) is 0.